The van der Waals surface area contributed by atoms with Crippen LogP contribution in [0.3, 0.4) is 0 Å². The van der Waals surface area contributed by atoms with Gasteiger partial charge in [-0.3, -0.25) is 4.79 Å². The molecular weight excluding hydrogens is 408 g/mol. The van der Waals surface area contributed by atoms with Gasteiger partial charge in [-0.2, -0.15) is 0 Å². The van der Waals surface area contributed by atoms with E-state index in [0.29, 0.717) is 27.9 Å². The number of aromatic nitrogens is 4. The minimum absolute atomic E-state index is 0.102. The predicted molar refractivity (Wildman–Crippen MR) is 111 cm³/mol. The van der Waals surface area contributed by atoms with Gasteiger partial charge in [0.25, 0.3) is 5.56 Å². The van der Waals surface area contributed by atoms with E-state index in [1.54, 1.807) is 15.9 Å². The fourth-order valence-corrected chi connectivity index (χ4v) is 6.13. The minimum Gasteiger partial charge on any atom is -0.549 e. The molecule has 9 heteroatoms. The summed E-state index contributed by atoms with van der Waals surface area (Å²) in [5, 5.41) is 20.6. The molecule has 3 heterocycles. The average molecular weight is 426 g/mol. The molecule has 0 radical (unpaired) electrons. The van der Waals surface area contributed by atoms with E-state index in [9.17, 15) is 14.7 Å². The summed E-state index contributed by atoms with van der Waals surface area (Å²) in [6, 6.07) is 9.35. The highest BCUT2D eigenvalue weighted by molar-refractivity contribution is 7.99. The number of carbonyl (C=O) groups is 1. The number of nitrogens with zero attached hydrogens (tertiary/aromatic N) is 4. The molecule has 0 amide bonds. The Hall–Kier alpha value is -2.65. The average Bonchev–Trinajstić information content (AvgIpc) is 3.28. The maximum absolute atomic E-state index is 13.6. The van der Waals surface area contributed by atoms with E-state index in [-0.39, 0.29) is 11.3 Å². The second-order valence-electron chi connectivity index (χ2n) is 7.29. The number of carboxylic acid groups (broad SMARTS) is 1. The van der Waals surface area contributed by atoms with Crippen LogP contribution >= 0.6 is 23.1 Å². The molecule has 0 saturated carbocycles. The number of carboxylic acids is 1. The maximum atomic E-state index is 13.6. The summed E-state index contributed by atoms with van der Waals surface area (Å²) in [5.74, 6) is -0.426. The zero-order valence-corrected chi connectivity index (χ0v) is 17.3. The number of thioether (sulfide) groups is 1. The number of aliphatic carboxylic acids is 1. The van der Waals surface area contributed by atoms with Crippen molar-refractivity contribution in [3.05, 3.63) is 51.1 Å². The highest BCUT2D eigenvalue weighted by Gasteiger charge is 2.27. The zero-order valence-electron chi connectivity index (χ0n) is 15.6. The Balaban J connectivity index is 1.88. The first-order valence-corrected chi connectivity index (χ1v) is 11.2. The monoisotopic (exact) mass is 425 g/mol. The second kappa shape index (κ2) is 7.00. The summed E-state index contributed by atoms with van der Waals surface area (Å²) in [7, 11) is 0. The molecule has 0 spiro atoms. The molecule has 1 aliphatic carbocycles. The van der Waals surface area contributed by atoms with E-state index in [2.05, 4.69) is 17.1 Å². The van der Waals surface area contributed by atoms with Crippen LogP contribution in [0.1, 0.15) is 23.8 Å². The fraction of sp³-hybridized carbons (Fsp3) is 0.300. The number of benzene rings is 1. The van der Waals surface area contributed by atoms with Crippen LogP contribution in [0.2, 0.25) is 0 Å². The summed E-state index contributed by atoms with van der Waals surface area (Å²) in [5.41, 5.74) is 1.72. The lowest BCUT2D eigenvalue weighted by atomic mass is 9.89. The predicted octanol–water partition coefficient (Wildman–Crippen LogP) is 2.06. The Morgan fingerprint density at radius 2 is 2.10 bits per heavy atom. The number of aryl methyl sites for hydroxylation is 1. The molecule has 0 saturated heterocycles. The molecule has 1 aliphatic rings. The Morgan fingerprint density at radius 1 is 1.31 bits per heavy atom. The molecule has 0 fully saturated rings. The van der Waals surface area contributed by atoms with Gasteiger partial charge in [0.05, 0.1) is 17.0 Å². The summed E-state index contributed by atoms with van der Waals surface area (Å²) in [4.78, 5) is 26.6. The molecule has 5 rings (SSSR count). The van der Waals surface area contributed by atoms with E-state index >= 15 is 0 Å². The summed E-state index contributed by atoms with van der Waals surface area (Å²) >= 11 is 2.65. The fourth-order valence-electron chi connectivity index (χ4n) is 3.93. The number of rotatable bonds is 4. The number of carbonyl (C=O) groups excluding carboxylic acids is 1. The van der Waals surface area contributed by atoms with Crippen LogP contribution in [-0.2, 0) is 17.6 Å². The molecule has 3 aromatic heterocycles. The Labute approximate surface area is 174 Å². The summed E-state index contributed by atoms with van der Waals surface area (Å²) < 4.78 is 3.40. The van der Waals surface area contributed by atoms with Crippen molar-refractivity contribution in [3.8, 4) is 5.69 Å². The molecule has 0 aliphatic heterocycles. The van der Waals surface area contributed by atoms with Gasteiger partial charge in [0.2, 0.25) is 5.78 Å². The van der Waals surface area contributed by atoms with E-state index in [1.807, 2.05) is 34.7 Å². The molecule has 0 unspecified atom stereocenters. The third-order valence-electron chi connectivity index (χ3n) is 5.26. The lowest BCUT2D eigenvalue weighted by molar-refractivity contribution is -0.301. The van der Waals surface area contributed by atoms with Crippen molar-refractivity contribution in [1.82, 2.24) is 19.2 Å². The zero-order chi connectivity index (χ0) is 20.1. The molecule has 1 aromatic carbocycles. The SMILES string of the molecule is C[C@@H]1CCc2c(sc3c2c(=O)n(-c2ccccc2)c2nnc(SCC(=O)[O-])n32)C1. The van der Waals surface area contributed by atoms with Crippen molar-refractivity contribution in [1.29, 1.82) is 0 Å². The van der Waals surface area contributed by atoms with Gasteiger partial charge in [-0.1, -0.05) is 36.9 Å². The summed E-state index contributed by atoms with van der Waals surface area (Å²) in [6.07, 6.45) is 2.87. The molecular formula is C20H17N4O3S2-. The van der Waals surface area contributed by atoms with Gasteiger partial charge in [0.1, 0.15) is 4.83 Å². The first kappa shape index (κ1) is 18.4. The van der Waals surface area contributed by atoms with Crippen molar-refractivity contribution in [2.75, 3.05) is 5.75 Å². The van der Waals surface area contributed by atoms with Gasteiger partial charge >= 0.3 is 0 Å². The molecule has 4 aromatic rings. The van der Waals surface area contributed by atoms with Crippen LogP contribution in [0.5, 0.6) is 0 Å². The molecule has 29 heavy (non-hydrogen) atoms. The van der Waals surface area contributed by atoms with Crippen molar-refractivity contribution in [2.24, 2.45) is 5.92 Å². The smallest absolute Gasteiger partial charge is 0.268 e. The first-order valence-electron chi connectivity index (χ1n) is 9.37. The Kier molecular flexibility index (Phi) is 4.44. The highest BCUT2D eigenvalue weighted by atomic mass is 32.2. The largest absolute Gasteiger partial charge is 0.549 e. The van der Waals surface area contributed by atoms with Crippen LogP contribution < -0.4 is 10.7 Å². The molecule has 148 valence electrons. The number of thiophene rings is 1. The third kappa shape index (κ3) is 2.96. The highest BCUT2D eigenvalue weighted by Crippen LogP contribution is 2.38. The Morgan fingerprint density at radius 3 is 2.86 bits per heavy atom. The third-order valence-corrected chi connectivity index (χ3v) is 7.40. The van der Waals surface area contributed by atoms with Crippen LogP contribution in [0, 0.1) is 5.92 Å². The number of para-hydroxylation sites is 1. The van der Waals surface area contributed by atoms with Crippen molar-refractivity contribution < 1.29 is 9.90 Å². The van der Waals surface area contributed by atoms with E-state index in [1.165, 1.54) is 4.88 Å². The van der Waals surface area contributed by atoms with Crippen LogP contribution in [0.4, 0.5) is 0 Å². The van der Waals surface area contributed by atoms with Gasteiger partial charge < -0.3 is 9.90 Å². The maximum Gasteiger partial charge on any atom is 0.268 e. The molecule has 1 atom stereocenters. The minimum atomic E-state index is -1.17. The lowest BCUT2D eigenvalue weighted by Gasteiger charge is -2.17. The van der Waals surface area contributed by atoms with Gasteiger partial charge in [0.15, 0.2) is 5.16 Å². The van der Waals surface area contributed by atoms with Crippen LogP contribution in [0.15, 0.2) is 40.3 Å². The Bertz CT molecular complexity index is 1310. The quantitative estimate of drug-likeness (QED) is 0.465. The second-order valence-corrected chi connectivity index (χ2v) is 9.31. The topological polar surface area (TPSA) is 92.3 Å². The number of hydrogen-bond acceptors (Lipinski definition) is 7. The van der Waals surface area contributed by atoms with Crippen LogP contribution in [0.25, 0.3) is 21.7 Å². The van der Waals surface area contributed by atoms with Gasteiger partial charge in [-0.15, -0.1) is 21.5 Å². The van der Waals surface area contributed by atoms with Gasteiger partial charge in [-0.25, -0.2) is 8.97 Å². The van der Waals surface area contributed by atoms with E-state index < -0.39 is 5.97 Å². The van der Waals surface area contributed by atoms with E-state index in [0.717, 1.165) is 41.4 Å². The first-order chi connectivity index (χ1) is 14.0. The standard InChI is InChI=1S/C20H18N4O3S2/c1-11-7-8-13-14(9-11)29-18-16(13)17(27)23(12-5-3-2-4-6-12)19-21-22-20(24(18)19)28-10-15(25)26/h2-6,11H,7-10H2,1H3,(H,25,26)/p-1/t11-/m1/s1. The van der Waals surface area contributed by atoms with Crippen LogP contribution in [-0.4, -0.2) is 30.9 Å². The molecule has 0 bridgehead atoms. The number of hydrogen-bond donors (Lipinski definition) is 0. The summed E-state index contributed by atoms with van der Waals surface area (Å²) in [6.45, 7) is 2.23. The normalized spacial score (nSPS) is 16.4. The van der Waals surface area contributed by atoms with E-state index in [4.69, 9.17) is 0 Å². The van der Waals surface area contributed by atoms with Crippen molar-refractivity contribution in [3.63, 3.8) is 0 Å². The van der Waals surface area contributed by atoms with Crippen molar-refractivity contribution in [2.45, 2.75) is 31.3 Å². The molecule has 7 nitrogen and oxygen atoms in total. The van der Waals surface area contributed by atoms with Gasteiger partial charge in [0, 0.05) is 10.6 Å². The van der Waals surface area contributed by atoms with Crippen molar-refractivity contribution >= 4 is 45.1 Å². The molecule has 0 N–H and O–H groups in total. The number of fused-ring (bicyclic) bond motifs is 5. The van der Waals surface area contributed by atoms with Gasteiger partial charge in [-0.05, 0) is 42.9 Å². The lowest BCUT2D eigenvalue weighted by Crippen LogP contribution is -2.24.